The molecule has 11 nitrogen and oxygen atoms in total. The van der Waals surface area contributed by atoms with E-state index in [0.717, 1.165) is 61.4 Å². The fourth-order valence-electron chi connectivity index (χ4n) is 3.87. The van der Waals surface area contributed by atoms with Gasteiger partial charge < -0.3 is 25.0 Å². The highest BCUT2D eigenvalue weighted by molar-refractivity contribution is 7.99. The number of aromatic nitrogens is 4. The fourth-order valence-corrected chi connectivity index (χ4v) is 4.63. The number of benzene rings is 1. The van der Waals surface area contributed by atoms with Crippen LogP contribution in [0.5, 0.6) is 5.75 Å². The number of hydrogen-bond acceptors (Lipinski definition) is 10. The third-order valence-corrected chi connectivity index (χ3v) is 6.52. The van der Waals surface area contributed by atoms with E-state index in [4.69, 9.17) is 19.4 Å². The third-order valence-electron chi connectivity index (χ3n) is 5.65. The minimum absolute atomic E-state index is 0.106. The van der Waals surface area contributed by atoms with Crippen molar-refractivity contribution in [2.75, 3.05) is 69.1 Å². The summed E-state index contributed by atoms with van der Waals surface area (Å²) < 4.78 is 11.0. The first-order valence-corrected chi connectivity index (χ1v) is 12.5. The van der Waals surface area contributed by atoms with Crippen LogP contribution in [-0.2, 0) is 9.53 Å². The van der Waals surface area contributed by atoms with Gasteiger partial charge in [-0.3, -0.25) is 14.8 Å². The maximum absolute atomic E-state index is 11.3. The van der Waals surface area contributed by atoms with Gasteiger partial charge in [0.05, 0.1) is 13.7 Å². The van der Waals surface area contributed by atoms with Crippen LogP contribution >= 0.6 is 11.8 Å². The van der Waals surface area contributed by atoms with Gasteiger partial charge in [0.1, 0.15) is 0 Å². The fraction of sp³-hybridized carbons (Fsp3) is 0.417. The van der Waals surface area contributed by atoms with Crippen LogP contribution in [0.1, 0.15) is 12.6 Å². The molecule has 2 aromatic heterocycles. The van der Waals surface area contributed by atoms with Crippen molar-refractivity contribution in [1.82, 2.24) is 25.1 Å². The standard InChI is InChI=1S/C24H32N8O3S/c1-16-15-20(30-29-16)26-22-21(35-4)23(32-11-9-31(10-12-32)13-14-34-3)28-24(27-22)36-19-7-5-18(6-8-19)25-17(2)33/h5-8,15H,9-14H2,1-4H3,(H,25,33)(H2,26,27,28,29,30). The summed E-state index contributed by atoms with van der Waals surface area (Å²) in [6.07, 6.45) is 0. The molecule has 1 aliphatic heterocycles. The number of methoxy groups -OCH3 is 2. The number of carbonyl (C=O) groups excluding carboxylic acids is 1. The Balaban J connectivity index is 1.62. The van der Waals surface area contributed by atoms with Crippen LogP contribution in [0.4, 0.5) is 23.1 Å². The number of carbonyl (C=O) groups is 1. The van der Waals surface area contributed by atoms with Crippen molar-refractivity contribution in [2.24, 2.45) is 0 Å². The molecule has 192 valence electrons. The van der Waals surface area contributed by atoms with Crippen LogP contribution in [0.15, 0.2) is 40.4 Å². The zero-order chi connectivity index (χ0) is 25.5. The van der Waals surface area contributed by atoms with E-state index in [-0.39, 0.29) is 5.91 Å². The molecule has 0 bridgehead atoms. The topological polar surface area (TPSA) is 121 Å². The van der Waals surface area contributed by atoms with Gasteiger partial charge in [0.2, 0.25) is 11.7 Å². The molecule has 12 heteroatoms. The van der Waals surface area contributed by atoms with Crippen LogP contribution in [0, 0.1) is 6.92 Å². The van der Waals surface area contributed by atoms with Gasteiger partial charge in [-0.2, -0.15) is 5.10 Å². The van der Waals surface area contributed by atoms with E-state index in [2.05, 4.69) is 30.6 Å². The average molecular weight is 513 g/mol. The van der Waals surface area contributed by atoms with Gasteiger partial charge in [-0.25, -0.2) is 9.97 Å². The lowest BCUT2D eigenvalue weighted by Gasteiger charge is -2.36. The Morgan fingerprint density at radius 1 is 1.14 bits per heavy atom. The van der Waals surface area contributed by atoms with Crippen molar-refractivity contribution in [3.05, 3.63) is 36.0 Å². The molecule has 1 aliphatic rings. The number of piperazine rings is 1. The molecule has 36 heavy (non-hydrogen) atoms. The van der Waals surface area contributed by atoms with Crippen LogP contribution < -0.4 is 20.3 Å². The van der Waals surface area contributed by atoms with Gasteiger partial charge >= 0.3 is 0 Å². The van der Waals surface area contributed by atoms with Gasteiger partial charge in [-0.05, 0) is 43.0 Å². The minimum atomic E-state index is -0.106. The number of hydrogen-bond donors (Lipinski definition) is 3. The second kappa shape index (κ2) is 12.1. The second-order valence-corrected chi connectivity index (χ2v) is 9.44. The van der Waals surface area contributed by atoms with E-state index in [0.29, 0.717) is 22.5 Å². The van der Waals surface area contributed by atoms with Crippen LogP contribution in [0.3, 0.4) is 0 Å². The Morgan fingerprint density at radius 2 is 1.89 bits per heavy atom. The molecule has 3 N–H and O–H groups in total. The number of aromatic amines is 1. The predicted molar refractivity (Wildman–Crippen MR) is 141 cm³/mol. The highest BCUT2D eigenvalue weighted by Crippen LogP contribution is 2.38. The number of rotatable bonds is 10. The highest BCUT2D eigenvalue weighted by atomic mass is 32.2. The summed E-state index contributed by atoms with van der Waals surface area (Å²) in [5.74, 6) is 2.41. The van der Waals surface area contributed by atoms with Gasteiger partial charge in [-0.15, -0.1) is 0 Å². The van der Waals surface area contributed by atoms with E-state index < -0.39 is 0 Å². The summed E-state index contributed by atoms with van der Waals surface area (Å²) in [6, 6.07) is 9.49. The van der Waals surface area contributed by atoms with Gasteiger partial charge in [0, 0.05) is 69.1 Å². The van der Waals surface area contributed by atoms with Crippen LogP contribution in [0.2, 0.25) is 0 Å². The molecule has 1 aromatic carbocycles. The number of H-pyrrole nitrogens is 1. The lowest BCUT2D eigenvalue weighted by Crippen LogP contribution is -2.47. The SMILES string of the molecule is COCCN1CCN(c2nc(Sc3ccc(NC(C)=O)cc3)nc(Nc3cc(C)[nH]n3)c2OC)CC1. The molecule has 0 atom stereocenters. The molecule has 0 saturated carbocycles. The number of ether oxygens (including phenoxy) is 2. The summed E-state index contributed by atoms with van der Waals surface area (Å²) in [5, 5.41) is 13.9. The van der Waals surface area contributed by atoms with E-state index >= 15 is 0 Å². The molecule has 1 fully saturated rings. The monoisotopic (exact) mass is 512 g/mol. The van der Waals surface area contributed by atoms with Crippen molar-refractivity contribution < 1.29 is 14.3 Å². The van der Waals surface area contributed by atoms with Crippen molar-refractivity contribution in [2.45, 2.75) is 23.9 Å². The maximum Gasteiger partial charge on any atom is 0.221 e. The lowest BCUT2D eigenvalue weighted by atomic mass is 10.3. The molecule has 0 unspecified atom stereocenters. The summed E-state index contributed by atoms with van der Waals surface area (Å²) in [7, 11) is 3.36. The molecule has 3 aromatic rings. The lowest BCUT2D eigenvalue weighted by molar-refractivity contribution is -0.114. The maximum atomic E-state index is 11.3. The molecule has 3 heterocycles. The Morgan fingerprint density at radius 3 is 2.50 bits per heavy atom. The van der Waals surface area contributed by atoms with Crippen LogP contribution in [0.25, 0.3) is 0 Å². The van der Waals surface area contributed by atoms with Crippen molar-refractivity contribution >= 4 is 40.8 Å². The summed E-state index contributed by atoms with van der Waals surface area (Å²) in [4.78, 5) is 26.5. The summed E-state index contributed by atoms with van der Waals surface area (Å²) in [5.41, 5.74) is 1.68. The van der Waals surface area contributed by atoms with Crippen molar-refractivity contribution in [1.29, 1.82) is 0 Å². The largest absolute Gasteiger partial charge is 0.490 e. The predicted octanol–water partition coefficient (Wildman–Crippen LogP) is 3.14. The smallest absolute Gasteiger partial charge is 0.221 e. The molecular formula is C24H32N8O3S. The zero-order valence-electron chi connectivity index (χ0n) is 21.0. The Hall–Kier alpha value is -3.35. The molecular weight excluding hydrogens is 480 g/mol. The number of nitrogens with one attached hydrogen (secondary N) is 3. The number of amides is 1. The van der Waals surface area contributed by atoms with E-state index in [9.17, 15) is 4.79 Å². The quantitative estimate of drug-likeness (QED) is 0.349. The van der Waals surface area contributed by atoms with Crippen LogP contribution in [-0.4, -0.2) is 84.5 Å². The normalized spacial score (nSPS) is 14.1. The highest BCUT2D eigenvalue weighted by Gasteiger charge is 2.25. The molecule has 0 radical (unpaired) electrons. The van der Waals surface area contributed by atoms with Gasteiger partial charge in [0.25, 0.3) is 0 Å². The molecule has 0 aliphatic carbocycles. The number of anilines is 4. The Kier molecular flexibility index (Phi) is 8.62. The number of nitrogens with zero attached hydrogens (tertiary/aromatic N) is 5. The molecule has 4 rings (SSSR count). The first-order valence-electron chi connectivity index (χ1n) is 11.7. The number of aryl methyl sites for hydroxylation is 1. The van der Waals surface area contributed by atoms with Gasteiger partial charge in [0.15, 0.2) is 22.6 Å². The van der Waals surface area contributed by atoms with Gasteiger partial charge in [-0.1, -0.05) is 0 Å². The summed E-state index contributed by atoms with van der Waals surface area (Å²) >= 11 is 1.44. The van der Waals surface area contributed by atoms with E-state index in [1.54, 1.807) is 14.2 Å². The third kappa shape index (κ3) is 6.65. The Labute approximate surface area is 215 Å². The Bertz CT molecular complexity index is 1160. The average Bonchev–Trinajstić information content (AvgIpc) is 3.28. The zero-order valence-corrected chi connectivity index (χ0v) is 21.8. The van der Waals surface area contributed by atoms with E-state index in [1.807, 2.05) is 37.3 Å². The molecule has 1 amide bonds. The van der Waals surface area contributed by atoms with Crippen molar-refractivity contribution in [3.8, 4) is 5.75 Å². The molecule has 1 saturated heterocycles. The molecule has 0 spiro atoms. The second-order valence-electron chi connectivity index (χ2n) is 8.40. The van der Waals surface area contributed by atoms with E-state index in [1.165, 1.54) is 18.7 Å². The first-order chi connectivity index (χ1) is 17.4. The van der Waals surface area contributed by atoms with Crippen molar-refractivity contribution in [3.63, 3.8) is 0 Å². The first kappa shape index (κ1) is 25.7. The summed E-state index contributed by atoms with van der Waals surface area (Å²) in [6.45, 7) is 8.50. The minimum Gasteiger partial charge on any atom is -0.490 e.